The van der Waals surface area contributed by atoms with Crippen LogP contribution in [0.25, 0.3) is 0 Å². The molecule has 0 bridgehead atoms. The van der Waals surface area contributed by atoms with Crippen molar-refractivity contribution in [3.63, 3.8) is 0 Å². The fourth-order valence-electron chi connectivity index (χ4n) is 3.88. The van der Waals surface area contributed by atoms with E-state index < -0.39 is 0 Å². The quantitative estimate of drug-likeness (QED) is 0.827. The summed E-state index contributed by atoms with van der Waals surface area (Å²) < 4.78 is 2.02. The summed E-state index contributed by atoms with van der Waals surface area (Å²) >= 11 is 0. The molecule has 4 rings (SSSR count). The standard InChI is InChI=1S/C20H27N5O/c1-16-4-6-17(7-5-16)14-23-12-13-25-19(15-23)18(21-22-25)8-9-20(26)24-10-2-3-11-24/h4-7H,2-3,8-15H2,1H3. The van der Waals surface area contributed by atoms with Gasteiger partial charge in [-0.1, -0.05) is 35.0 Å². The van der Waals surface area contributed by atoms with Crippen molar-refractivity contribution >= 4 is 5.91 Å². The summed E-state index contributed by atoms with van der Waals surface area (Å²) in [6.45, 7) is 7.60. The van der Waals surface area contributed by atoms with Crippen molar-refractivity contribution in [2.45, 2.75) is 52.2 Å². The molecule has 3 heterocycles. The van der Waals surface area contributed by atoms with Gasteiger partial charge in [-0.05, 0) is 25.3 Å². The van der Waals surface area contributed by atoms with E-state index in [1.807, 2.05) is 9.58 Å². The summed E-state index contributed by atoms with van der Waals surface area (Å²) in [6.07, 6.45) is 3.52. The molecule has 1 aromatic heterocycles. The smallest absolute Gasteiger partial charge is 0.222 e. The Labute approximate surface area is 154 Å². The Morgan fingerprint density at radius 3 is 2.62 bits per heavy atom. The van der Waals surface area contributed by atoms with Gasteiger partial charge in [0.15, 0.2) is 0 Å². The maximum atomic E-state index is 12.3. The van der Waals surface area contributed by atoms with E-state index in [2.05, 4.69) is 46.4 Å². The Morgan fingerprint density at radius 1 is 1.08 bits per heavy atom. The Morgan fingerprint density at radius 2 is 1.85 bits per heavy atom. The summed E-state index contributed by atoms with van der Waals surface area (Å²) in [5.41, 5.74) is 4.80. The number of aryl methyl sites for hydroxylation is 2. The summed E-state index contributed by atoms with van der Waals surface area (Å²) in [5.74, 6) is 0.261. The molecule has 6 heteroatoms. The number of amides is 1. The molecule has 0 unspecified atom stereocenters. The second-order valence-electron chi connectivity index (χ2n) is 7.49. The first-order valence-corrected chi connectivity index (χ1v) is 9.66. The molecule has 6 nitrogen and oxygen atoms in total. The predicted molar refractivity (Wildman–Crippen MR) is 99.5 cm³/mol. The highest BCUT2D eigenvalue weighted by atomic mass is 16.2. The first-order chi connectivity index (χ1) is 12.7. The van der Waals surface area contributed by atoms with E-state index in [-0.39, 0.29) is 5.91 Å². The second-order valence-corrected chi connectivity index (χ2v) is 7.49. The second kappa shape index (κ2) is 7.58. The van der Waals surface area contributed by atoms with Crippen LogP contribution in [0.4, 0.5) is 0 Å². The van der Waals surface area contributed by atoms with Gasteiger partial charge in [0.1, 0.15) is 0 Å². The molecule has 1 fully saturated rings. The minimum Gasteiger partial charge on any atom is -0.343 e. The zero-order valence-electron chi connectivity index (χ0n) is 15.5. The SMILES string of the molecule is Cc1ccc(CN2CCn3nnc(CCC(=O)N4CCCC4)c3C2)cc1. The molecule has 26 heavy (non-hydrogen) atoms. The average molecular weight is 353 g/mol. The minimum absolute atomic E-state index is 0.261. The lowest BCUT2D eigenvalue weighted by Crippen LogP contribution is -2.34. The van der Waals surface area contributed by atoms with Gasteiger partial charge in [0, 0.05) is 45.6 Å². The van der Waals surface area contributed by atoms with Crippen molar-refractivity contribution < 1.29 is 4.79 Å². The maximum absolute atomic E-state index is 12.3. The molecule has 0 radical (unpaired) electrons. The first kappa shape index (κ1) is 17.2. The molecule has 1 amide bonds. The van der Waals surface area contributed by atoms with Crippen LogP contribution in [0.3, 0.4) is 0 Å². The van der Waals surface area contributed by atoms with Crippen LogP contribution < -0.4 is 0 Å². The number of aromatic nitrogens is 3. The molecule has 0 spiro atoms. The Balaban J connectivity index is 1.37. The lowest BCUT2D eigenvalue weighted by Gasteiger charge is -2.27. The summed E-state index contributed by atoms with van der Waals surface area (Å²) in [6, 6.07) is 8.74. The summed E-state index contributed by atoms with van der Waals surface area (Å²) in [7, 11) is 0. The zero-order valence-corrected chi connectivity index (χ0v) is 15.5. The van der Waals surface area contributed by atoms with Crippen molar-refractivity contribution in [2.75, 3.05) is 19.6 Å². The highest BCUT2D eigenvalue weighted by Gasteiger charge is 2.23. The third-order valence-corrected chi connectivity index (χ3v) is 5.48. The molecule has 2 aliphatic rings. The van der Waals surface area contributed by atoms with Crippen molar-refractivity contribution in [1.82, 2.24) is 24.8 Å². The van der Waals surface area contributed by atoms with E-state index in [0.717, 1.165) is 57.8 Å². The van der Waals surface area contributed by atoms with Gasteiger partial charge in [0.05, 0.1) is 17.9 Å². The van der Waals surface area contributed by atoms with E-state index in [0.29, 0.717) is 12.8 Å². The topological polar surface area (TPSA) is 54.3 Å². The number of benzene rings is 1. The van der Waals surface area contributed by atoms with Crippen LogP contribution in [-0.4, -0.2) is 50.3 Å². The minimum atomic E-state index is 0.261. The van der Waals surface area contributed by atoms with Crippen molar-refractivity contribution in [3.8, 4) is 0 Å². The van der Waals surface area contributed by atoms with E-state index in [4.69, 9.17) is 0 Å². The van der Waals surface area contributed by atoms with Gasteiger partial charge in [-0.15, -0.1) is 5.10 Å². The maximum Gasteiger partial charge on any atom is 0.222 e. The highest BCUT2D eigenvalue weighted by molar-refractivity contribution is 5.76. The van der Waals surface area contributed by atoms with Gasteiger partial charge >= 0.3 is 0 Å². The Bertz CT molecular complexity index is 761. The monoisotopic (exact) mass is 353 g/mol. The lowest BCUT2D eigenvalue weighted by atomic mass is 10.1. The van der Waals surface area contributed by atoms with Crippen LogP contribution in [0.15, 0.2) is 24.3 Å². The predicted octanol–water partition coefficient (Wildman–Crippen LogP) is 2.16. The molecule has 1 saturated heterocycles. The van der Waals surface area contributed by atoms with Crippen LogP contribution >= 0.6 is 0 Å². The van der Waals surface area contributed by atoms with E-state index in [1.54, 1.807) is 0 Å². The van der Waals surface area contributed by atoms with Gasteiger partial charge in [-0.3, -0.25) is 9.69 Å². The summed E-state index contributed by atoms with van der Waals surface area (Å²) in [4.78, 5) is 16.7. The van der Waals surface area contributed by atoms with Crippen LogP contribution in [0.1, 0.15) is 41.8 Å². The van der Waals surface area contributed by atoms with Gasteiger partial charge < -0.3 is 4.90 Å². The molecule has 2 aromatic rings. The van der Waals surface area contributed by atoms with Gasteiger partial charge in [0.25, 0.3) is 0 Å². The van der Waals surface area contributed by atoms with Crippen LogP contribution in [0.2, 0.25) is 0 Å². The average Bonchev–Trinajstić information content (AvgIpc) is 3.31. The number of likely N-dealkylation sites (tertiary alicyclic amines) is 1. The number of rotatable bonds is 5. The lowest BCUT2D eigenvalue weighted by molar-refractivity contribution is -0.130. The molecule has 0 aliphatic carbocycles. The van der Waals surface area contributed by atoms with E-state index in [9.17, 15) is 4.79 Å². The van der Waals surface area contributed by atoms with E-state index >= 15 is 0 Å². The van der Waals surface area contributed by atoms with E-state index in [1.165, 1.54) is 16.8 Å². The van der Waals surface area contributed by atoms with Gasteiger partial charge in [-0.25, -0.2) is 4.68 Å². The number of hydrogen-bond acceptors (Lipinski definition) is 4. The number of hydrogen-bond donors (Lipinski definition) is 0. The fourth-order valence-corrected chi connectivity index (χ4v) is 3.88. The molecular formula is C20H27N5O. The third kappa shape index (κ3) is 3.80. The number of carbonyl (C=O) groups is 1. The molecular weight excluding hydrogens is 326 g/mol. The molecule has 138 valence electrons. The number of nitrogens with zero attached hydrogens (tertiary/aromatic N) is 5. The molecule has 0 N–H and O–H groups in total. The molecule has 0 atom stereocenters. The van der Waals surface area contributed by atoms with Crippen LogP contribution in [-0.2, 0) is 30.8 Å². The zero-order chi connectivity index (χ0) is 17.9. The van der Waals surface area contributed by atoms with Crippen molar-refractivity contribution in [2.24, 2.45) is 0 Å². The number of carbonyl (C=O) groups excluding carboxylic acids is 1. The largest absolute Gasteiger partial charge is 0.343 e. The van der Waals surface area contributed by atoms with Gasteiger partial charge in [-0.2, -0.15) is 0 Å². The highest BCUT2D eigenvalue weighted by Crippen LogP contribution is 2.19. The van der Waals surface area contributed by atoms with Crippen LogP contribution in [0.5, 0.6) is 0 Å². The first-order valence-electron chi connectivity index (χ1n) is 9.66. The Hall–Kier alpha value is -2.21. The van der Waals surface area contributed by atoms with Gasteiger partial charge in [0.2, 0.25) is 5.91 Å². The summed E-state index contributed by atoms with van der Waals surface area (Å²) in [5, 5.41) is 8.67. The molecule has 2 aliphatic heterocycles. The fraction of sp³-hybridized carbons (Fsp3) is 0.550. The molecule has 1 aromatic carbocycles. The van der Waals surface area contributed by atoms with Crippen molar-refractivity contribution in [3.05, 3.63) is 46.8 Å². The third-order valence-electron chi connectivity index (χ3n) is 5.48. The van der Waals surface area contributed by atoms with Crippen LogP contribution in [0, 0.1) is 6.92 Å². The van der Waals surface area contributed by atoms with Crippen molar-refractivity contribution in [1.29, 1.82) is 0 Å². The molecule has 0 saturated carbocycles. The Kier molecular flexibility index (Phi) is 5.02. The number of fused-ring (bicyclic) bond motifs is 1. The normalized spacial score (nSPS) is 17.5.